The van der Waals surface area contributed by atoms with Gasteiger partial charge in [-0.25, -0.2) is 0 Å². The Kier molecular flexibility index (Phi) is 6.02. The molecule has 1 amide bonds. The van der Waals surface area contributed by atoms with Gasteiger partial charge >= 0.3 is 0 Å². The number of carbonyl (C=O) groups is 1. The maximum Gasteiger partial charge on any atom is 0.242 e. The molecule has 5 nitrogen and oxygen atoms in total. The van der Waals surface area contributed by atoms with Crippen molar-refractivity contribution in [1.82, 2.24) is 15.2 Å². The number of carbonyl (C=O) groups excluding carboxylic acids is 1. The van der Waals surface area contributed by atoms with Crippen LogP contribution in [-0.2, 0) is 11.3 Å². The number of aliphatic hydroxyl groups is 1. The summed E-state index contributed by atoms with van der Waals surface area (Å²) in [5.41, 5.74) is 1.68. The first-order valence-corrected chi connectivity index (χ1v) is 8.87. The van der Waals surface area contributed by atoms with Gasteiger partial charge in [-0.1, -0.05) is 23.7 Å². The molecule has 2 unspecified atom stereocenters. The summed E-state index contributed by atoms with van der Waals surface area (Å²) in [5, 5.41) is 14.7. The highest BCUT2D eigenvalue weighted by Gasteiger charge is 2.32. The minimum atomic E-state index is -0.927. The number of aliphatic hydroxyl groups excluding tert-OH is 1. The summed E-state index contributed by atoms with van der Waals surface area (Å²) in [4.78, 5) is 18.7. The third kappa shape index (κ3) is 4.57. The number of likely N-dealkylation sites (tertiary alicyclic amines) is 1. The van der Waals surface area contributed by atoms with Crippen molar-refractivity contribution < 1.29 is 9.90 Å². The predicted molar refractivity (Wildman–Crippen MR) is 97.1 cm³/mol. The topological polar surface area (TPSA) is 65.5 Å². The molecule has 2 atom stereocenters. The van der Waals surface area contributed by atoms with Gasteiger partial charge in [0.05, 0.1) is 0 Å². The summed E-state index contributed by atoms with van der Waals surface area (Å²) in [5.74, 6) is -0.0595. The zero-order chi connectivity index (χ0) is 17.6. The van der Waals surface area contributed by atoms with Gasteiger partial charge in [0.25, 0.3) is 0 Å². The molecule has 2 heterocycles. The molecule has 1 fully saturated rings. The Balaban J connectivity index is 1.75. The largest absolute Gasteiger partial charge is 0.386 e. The van der Waals surface area contributed by atoms with E-state index in [2.05, 4.69) is 10.3 Å². The molecule has 6 heteroatoms. The van der Waals surface area contributed by atoms with E-state index >= 15 is 0 Å². The van der Waals surface area contributed by atoms with E-state index < -0.39 is 12.1 Å². The summed E-state index contributed by atoms with van der Waals surface area (Å²) in [6, 6.07) is 10.2. The van der Waals surface area contributed by atoms with Gasteiger partial charge in [0.15, 0.2) is 0 Å². The lowest BCUT2D eigenvalue weighted by atomic mass is 10.0. The Labute approximate surface area is 152 Å². The molecule has 0 aliphatic carbocycles. The average molecular weight is 360 g/mol. The SMILES string of the molecule is O=C(C(NCc1ccc(Cl)cc1)C(O)c1ccncc1)N1CCCC1. The van der Waals surface area contributed by atoms with Crippen LogP contribution in [0.4, 0.5) is 0 Å². The molecular weight excluding hydrogens is 338 g/mol. The highest BCUT2D eigenvalue weighted by atomic mass is 35.5. The molecule has 2 N–H and O–H groups in total. The number of pyridine rings is 1. The first-order chi connectivity index (χ1) is 12.1. The average Bonchev–Trinajstić information content (AvgIpc) is 3.18. The number of aromatic nitrogens is 1. The molecular formula is C19H22ClN3O2. The lowest BCUT2D eigenvalue weighted by Crippen LogP contribution is -2.48. The van der Waals surface area contributed by atoms with Crippen molar-refractivity contribution in [2.24, 2.45) is 0 Å². The van der Waals surface area contributed by atoms with Crippen molar-refractivity contribution in [3.8, 4) is 0 Å². The van der Waals surface area contributed by atoms with Crippen LogP contribution in [0.1, 0.15) is 30.1 Å². The van der Waals surface area contributed by atoms with Crippen LogP contribution in [0.15, 0.2) is 48.8 Å². The summed E-state index contributed by atoms with van der Waals surface area (Å²) >= 11 is 5.91. The fraction of sp³-hybridized carbons (Fsp3) is 0.368. The van der Waals surface area contributed by atoms with E-state index in [-0.39, 0.29) is 5.91 Å². The van der Waals surface area contributed by atoms with Crippen molar-refractivity contribution in [1.29, 1.82) is 0 Å². The third-order valence-electron chi connectivity index (χ3n) is 4.49. The molecule has 2 aromatic rings. The van der Waals surface area contributed by atoms with Crippen molar-refractivity contribution in [3.63, 3.8) is 0 Å². The van der Waals surface area contributed by atoms with E-state index in [4.69, 9.17) is 11.6 Å². The zero-order valence-electron chi connectivity index (χ0n) is 13.9. The van der Waals surface area contributed by atoms with E-state index in [0.717, 1.165) is 31.5 Å². The highest BCUT2D eigenvalue weighted by molar-refractivity contribution is 6.30. The van der Waals surface area contributed by atoms with Gasteiger partial charge in [-0.05, 0) is 48.2 Å². The van der Waals surface area contributed by atoms with E-state index in [1.165, 1.54) is 0 Å². The summed E-state index contributed by atoms with van der Waals surface area (Å²) in [7, 11) is 0. The number of nitrogens with zero attached hydrogens (tertiary/aromatic N) is 2. The second kappa shape index (κ2) is 8.43. The first kappa shape index (κ1) is 17.9. The number of benzene rings is 1. The lowest BCUT2D eigenvalue weighted by molar-refractivity contribution is -0.135. The van der Waals surface area contributed by atoms with E-state index in [1.54, 1.807) is 24.5 Å². The second-order valence-electron chi connectivity index (χ2n) is 6.24. The van der Waals surface area contributed by atoms with Crippen molar-refractivity contribution >= 4 is 17.5 Å². The smallest absolute Gasteiger partial charge is 0.242 e. The van der Waals surface area contributed by atoms with Crippen molar-refractivity contribution in [2.45, 2.75) is 31.5 Å². The Hall–Kier alpha value is -1.95. The standard InChI is InChI=1S/C19H22ClN3O2/c20-16-5-3-14(4-6-16)13-22-17(19(25)23-11-1-2-12-23)18(24)15-7-9-21-10-8-15/h3-10,17-18,22,24H,1-2,11-13H2. The Morgan fingerprint density at radius 3 is 2.44 bits per heavy atom. The predicted octanol–water partition coefficient (Wildman–Crippen LogP) is 2.55. The number of hydrogen-bond acceptors (Lipinski definition) is 4. The van der Waals surface area contributed by atoms with Gasteiger partial charge in [-0.15, -0.1) is 0 Å². The van der Waals surface area contributed by atoms with Crippen LogP contribution in [0.5, 0.6) is 0 Å². The van der Waals surface area contributed by atoms with Crippen LogP contribution in [0.25, 0.3) is 0 Å². The maximum atomic E-state index is 12.9. The summed E-state index contributed by atoms with van der Waals surface area (Å²) < 4.78 is 0. The van der Waals surface area contributed by atoms with Gasteiger partial charge in [0.1, 0.15) is 12.1 Å². The van der Waals surface area contributed by atoms with Crippen molar-refractivity contribution in [2.75, 3.05) is 13.1 Å². The quantitative estimate of drug-likeness (QED) is 0.832. The monoisotopic (exact) mass is 359 g/mol. The van der Waals surface area contributed by atoms with Gasteiger partial charge in [0.2, 0.25) is 5.91 Å². The number of hydrogen-bond donors (Lipinski definition) is 2. The number of nitrogens with one attached hydrogen (secondary N) is 1. The molecule has 0 saturated carbocycles. The molecule has 1 aliphatic heterocycles. The van der Waals surface area contributed by atoms with Crippen LogP contribution < -0.4 is 5.32 Å². The Morgan fingerprint density at radius 2 is 1.80 bits per heavy atom. The Morgan fingerprint density at radius 1 is 1.16 bits per heavy atom. The Bertz CT molecular complexity index is 688. The molecule has 1 saturated heterocycles. The number of halogens is 1. The molecule has 0 radical (unpaired) electrons. The molecule has 0 spiro atoms. The van der Waals surface area contributed by atoms with Crippen LogP contribution >= 0.6 is 11.6 Å². The van der Waals surface area contributed by atoms with Crippen molar-refractivity contribution in [3.05, 3.63) is 64.9 Å². The fourth-order valence-electron chi connectivity index (χ4n) is 3.05. The van der Waals surface area contributed by atoms with E-state index in [0.29, 0.717) is 17.1 Å². The minimum absolute atomic E-state index is 0.0595. The van der Waals surface area contributed by atoms with E-state index in [9.17, 15) is 9.90 Å². The molecule has 1 aliphatic rings. The molecule has 3 rings (SSSR count). The van der Waals surface area contributed by atoms with Gasteiger partial charge < -0.3 is 10.0 Å². The van der Waals surface area contributed by atoms with Crippen LogP contribution in [0.2, 0.25) is 5.02 Å². The molecule has 1 aromatic heterocycles. The number of rotatable bonds is 6. The molecule has 132 valence electrons. The zero-order valence-corrected chi connectivity index (χ0v) is 14.7. The minimum Gasteiger partial charge on any atom is -0.386 e. The number of amides is 1. The maximum absolute atomic E-state index is 12.9. The summed E-state index contributed by atoms with van der Waals surface area (Å²) in [6.07, 6.45) is 4.34. The van der Waals surface area contributed by atoms with Crippen LogP contribution in [0.3, 0.4) is 0 Å². The normalized spacial score (nSPS) is 16.6. The van der Waals surface area contributed by atoms with Gasteiger partial charge in [-0.2, -0.15) is 0 Å². The van der Waals surface area contributed by atoms with Crippen LogP contribution in [-0.4, -0.2) is 40.0 Å². The first-order valence-electron chi connectivity index (χ1n) is 8.50. The summed E-state index contributed by atoms with van der Waals surface area (Å²) in [6.45, 7) is 1.98. The fourth-order valence-corrected chi connectivity index (χ4v) is 3.18. The van der Waals surface area contributed by atoms with E-state index in [1.807, 2.05) is 29.2 Å². The third-order valence-corrected chi connectivity index (χ3v) is 4.74. The molecule has 25 heavy (non-hydrogen) atoms. The van der Waals surface area contributed by atoms with Gasteiger partial charge in [-0.3, -0.25) is 15.1 Å². The molecule has 0 bridgehead atoms. The molecule has 1 aromatic carbocycles. The van der Waals surface area contributed by atoms with Gasteiger partial charge in [0, 0.05) is 37.1 Å². The highest BCUT2D eigenvalue weighted by Crippen LogP contribution is 2.20. The lowest BCUT2D eigenvalue weighted by Gasteiger charge is -2.28. The second-order valence-corrected chi connectivity index (χ2v) is 6.68. The van der Waals surface area contributed by atoms with Crippen LogP contribution in [0, 0.1) is 0 Å².